The van der Waals surface area contributed by atoms with Crippen molar-refractivity contribution in [1.82, 2.24) is 0 Å². The molecule has 2 aromatic rings. The molecule has 0 spiro atoms. The fourth-order valence-corrected chi connectivity index (χ4v) is 2.82. The second-order valence-electron chi connectivity index (χ2n) is 3.74. The van der Waals surface area contributed by atoms with E-state index in [0.717, 1.165) is 16.3 Å². The quantitative estimate of drug-likeness (QED) is 0.687. The summed E-state index contributed by atoms with van der Waals surface area (Å²) in [4.78, 5) is 2.23. The van der Waals surface area contributed by atoms with Gasteiger partial charge in [-0.3, -0.25) is 0 Å². The lowest BCUT2D eigenvalue weighted by Crippen LogP contribution is -1.99. The number of ether oxygens (including phenoxy) is 1. The summed E-state index contributed by atoms with van der Waals surface area (Å²) >= 11 is 1.67. The van der Waals surface area contributed by atoms with Crippen molar-refractivity contribution in [1.29, 1.82) is 0 Å². The zero-order valence-corrected chi connectivity index (χ0v) is 10.0. The lowest BCUT2D eigenvalue weighted by molar-refractivity contribution is 0.372. The molecule has 86 valence electrons. The molecule has 17 heavy (non-hydrogen) atoms. The van der Waals surface area contributed by atoms with Gasteiger partial charge in [0.15, 0.2) is 11.5 Å². The summed E-state index contributed by atoms with van der Waals surface area (Å²) in [5.74, 6) is 0.649. The van der Waals surface area contributed by atoms with Gasteiger partial charge in [0.25, 0.3) is 0 Å². The fourth-order valence-electron chi connectivity index (χ4n) is 1.82. The Bertz CT molecular complexity index is 584. The van der Waals surface area contributed by atoms with E-state index in [2.05, 4.69) is 11.4 Å². The minimum Gasteiger partial charge on any atom is -0.504 e. The SMILES string of the molecule is COc1cc2c(cc1O)Nc1ccccc1S2. The number of fused-ring (bicyclic) bond motifs is 2. The normalized spacial score (nSPS) is 12.3. The van der Waals surface area contributed by atoms with Crippen LogP contribution in [-0.4, -0.2) is 12.2 Å². The van der Waals surface area contributed by atoms with Gasteiger partial charge in [0.2, 0.25) is 0 Å². The summed E-state index contributed by atoms with van der Waals surface area (Å²) in [6.07, 6.45) is 0. The van der Waals surface area contributed by atoms with E-state index in [4.69, 9.17) is 4.74 Å². The van der Waals surface area contributed by atoms with Gasteiger partial charge in [-0.25, -0.2) is 0 Å². The molecule has 0 amide bonds. The first kappa shape index (κ1) is 10.4. The van der Waals surface area contributed by atoms with Crippen LogP contribution >= 0.6 is 11.8 Å². The topological polar surface area (TPSA) is 41.5 Å². The zero-order valence-electron chi connectivity index (χ0n) is 9.23. The molecule has 0 unspecified atom stereocenters. The van der Waals surface area contributed by atoms with Gasteiger partial charge in [0.05, 0.1) is 18.5 Å². The predicted molar refractivity (Wildman–Crippen MR) is 68.5 cm³/mol. The van der Waals surface area contributed by atoms with Crippen molar-refractivity contribution in [3.05, 3.63) is 36.4 Å². The van der Waals surface area contributed by atoms with E-state index < -0.39 is 0 Å². The van der Waals surface area contributed by atoms with Crippen LogP contribution in [0.2, 0.25) is 0 Å². The van der Waals surface area contributed by atoms with Crippen LogP contribution in [-0.2, 0) is 0 Å². The molecule has 3 rings (SSSR count). The Morgan fingerprint density at radius 1 is 1.12 bits per heavy atom. The Balaban J connectivity index is 2.09. The van der Waals surface area contributed by atoms with Gasteiger partial charge in [-0.1, -0.05) is 23.9 Å². The van der Waals surface area contributed by atoms with E-state index in [1.165, 1.54) is 4.90 Å². The maximum atomic E-state index is 9.74. The van der Waals surface area contributed by atoms with Crippen molar-refractivity contribution in [2.45, 2.75) is 9.79 Å². The van der Waals surface area contributed by atoms with Crippen LogP contribution < -0.4 is 10.1 Å². The van der Waals surface area contributed by atoms with Crippen molar-refractivity contribution in [2.75, 3.05) is 12.4 Å². The molecule has 2 aromatic carbocycles. The Morgan fingerprint density at radius 3 is 2.76 bits per heavy atom. The van der Waals surface area contributed by atoms with Crippen molar-refractivity contribution in [2.24, 2.45) is 0 Å². The minimum absolute atomic E-state index is 0.152. The lowest BCUT2D eigenvalue weighted by Gasteiger charge is -2.21. The number of aromatic hydroxyl groups is 1. The standard InChI is InChI=1S/C13H11NO2S/c1-16-11-7-13-9(6-10(11)15)14-8-4-2-3-5-12(8)17-13/h2-7,14-15H,1H3. The number of hydrogen-bond acceptors (Lipinski definition) is 4. The largest absolute Gasteiger partial charge is 0.504 e. The molecular weight excluding hydrogens is 234 g/mol. The van der Waals surface area contributed by atoms with Gasteiger partial charge in [0.1, 0.15) is 0 Å². The molecule has 0 bridgehead atoms. The molecule has 0 saturated carbocycles. The van der Waals surface area contributed by atoms with Gasteiger partial charge in [0, 0.05) is 21.9 Å². The van der Waals surface area contributed by atoms with E-state index in [0.29, 0.717) is 5.75 Å². The number of anilines is 2. The van der Waals surface area contributed by atoms with Crippen LogP contribution in [0.25, 0.3) is 0 Å². The number of rotatable bonds is 1. The minimum atomic E-state index is 0.152. The molecule has 0 saturated heterocycles. The molecule has 0 fully saturated rings. The number of phenolic OH excluding ortho intramolecular Hbond substituents is 1. The van der Waals surface area contributed by atoms with Crippen LogP contribution in [0.1, 0.15) is 0 Å². The summed E-state index contributed by atoms with van der Waals surface area (Å²) in [5, 5.41) is 13.0. The average molecular weight is 245 g/mol. The number of methoxy groups -OCH3 is 1. The number of nitrogens with one attached hydrogen (secondary N) is 1. The van der Waals surface area contributed by atoms with Crippen molar-refractivity contribution in [3.63, 3.8) is 0 Å². The molecule has 0 radical (unpaired) electrons. The third-order valence-electron chi connectivity index (χ3n) is 2.66. The summed E-state index contributed by atoms with van der Waals surface area (Å²) in [5.41, 5.74) is 1.97. The number of hydrogen-bond donors (Lipinski definition) is 2. The molecule has 1 aliphatic heterocycles. The second kappa shape index (κ2) is 3.89. The highest BCUT2D eigenvalue weighted by Gasteiger charge is 2.17. The van der Waals surface area contributed by atoms with Gasteiger partial charge in [-0.15, -0.1) is 0 Å². The highest BCUT2D eigenvalue weighted by molar-refractivity contribution is 7.99. The molecule has 0 atom stereocenters. The molecule has 1 aliphatic rings. The molecule has 0 aromatic heterocycles. The van der Waals surface area contributed by atoms with Crippen LogP contribution in [0, 0.1) is 0 Å². The Labute approximate surface area is 103 Å². The first-order chi connectivity index (χ1) is 8.28. The van der Waals surface area contributed by atoms with Crippen LogP contribution in [0.5, 0.6) is 11.5 Å². The highest BCUT2D eigenvalue weighted by atomic mass is 32.2. The molecule has 2 N–H and O–H groups in total. The van der Waals surface area contributed by atoms with Gasteiger partial charge < -0.3 is 15.2 Å². The first-order valence-electron chi connectivity index (χ1n) is 5.23. The second-order valence-corrected chi connectivity index (χ2v) is 4.83. The Kier molecular flexibility index (Phi) is 2.37. The molecule has 1 heterocycles. The van der Waals surface area contributed by atoms with Gasteiger partial charge >= 0.3 is 0 Å². The molecule has 4 heteroatoms. The smallest absolute Gasteiger partial charge is 0.161 e. The Morgan fingerprint density at radius 2 is 1.94 bits per heavy atom. The van der Waals surface area contributed by atoms with E-state index in [1.54, 1.807) is 24.9 Å². The number of benzene rings is 2. The monoisotopic (exact) mass is 245 g/mol. The molecule has 3 nitrogen and oxygen atoms in total. The molecule has 0 aliphatic carbocycles. The first-order valence-corrected chi connectivity index (χ1v) is 6.04. The number of phenols is 1. The van der Waals surface area contributed by atoms with Crippen LogP contribution in [0.15, 0.2) is 46.2 Å². The van der Waals surface area contributed by atoms with E-state index in [1.807, 2.05) is 24.3 Å². The predicted octanol–water partition coefficient (Wildman–Crippen LogP) is 3.61. The third kappa shape index (κ3) is 1.70. The van der Waals surface area contributed by atoms with Crippen LogP contribution in [0.3, 0.4) is 0 Å². The van der Waals surface area contributed by atoms with Gasteiger partial charge in [-0.05, 0) is 12.1 Å². The fraction of sp³-hybridized carbons (Fsp3) is 0.0769. The maximum Gasteiger partial charge on any atom is 0.161 e. The lowest BCUT2D eigenvalue weighted by atomic mass is 10.2. The number of para-hydroxylation sites is 1. The van der Waals surface area contributed by atoms with E-state index in [9.17, 15) is 5.11 Å². The molecular formula is C13H11NO2S. The Hall–Kier alpha value is -1.81. The zero-order chi connectivity index (χ0) is 11.8. The summed E-state index contributed by atoms with van der Waals surface area (Å²) in [6, 6.07) is 11.6. The van der Waals surface area contributed by atoms with E-state index >= 15 is 0 Å². The summed E-state index contributed by atoms with van der Waals surface area (Å²) < 4.78 is 5.11. The maximum absolute atomic E-state index is 9.74. The third-order valence-corrected chi connectivity index (χ3v) is 3.79. The summed E-state index contributed by atoms with van der Waals surface area (Å²) in [6.45, 7) is 0. The van der Waals surface area contributed by atoms with Crippen molar-refractivity contribution < 1.29 is 9.84 Å². The van der Waals surface area contributed by atoms with Crippen molar-refractivity contribution >= 4 is 23.1 Å². The highest BCUT2D eigenvalue weighted by Crippen LogP contribution is 2.47. The van der Waals surface area contributed by atoms with Gasteiger partial charge in [-0.2, -0.15) is 0 Å². The van der Waals surface area contributed by atoms with E-state index in [-0.39, 0.29) is 5.75 Å². The van der Waals surface area contributed by atoms with Crippen LogP contribution in [0.4, 0.5) is 11.4 Å². The average Bonchev–Trinajstić information content (AvgIpc) is 2.35. The summed E-state index contributed by atoms with van der Waals surface area (Å²) in [7, 11) is 1.55. The van der Waals surface area contributed by atoms with Crippen molar-refractivity contribution in [3.8, 4) is 11.5 Å².